The summed E-state index contributed by atoms with van der Waals surface area (Å²) in [4.78, 5) is 16.5. The molecule has 20 heavy (non-hydrogen) atoms. The molecule has 4 N–H and O–H groups in total. The number of nitrogens with one attached hydrogen (secondary N) is 2. The Hall–Kier alpha value is -1.92. The lowest BCUT2D eigenvalue weighted by Gasteiger charge is -2.11. The van der Waals surface area contributed by atoms with Crippen molar-refractivity contribution >= 4 is 23.1 Å². The fourth-order valence-electron chi connectivity index (χ4n) is 1.73. The van der Waals surface area contributed by atoms with Gasteiger partial charge in [0, 0.05) is 17.8 Å². The van der Waals surface area contributed by atoms with Gasteiger partial charge >= 0.3 is 0 Å². The predicted molar refractivity (Wildman–Crippen MR) is 81.6 cm³/mol. The van der Waals surface area contributed by atoms with E-state index in [0.717, 1.165) is 11.3 Å². The van der Waals surface area contributed by atoms with Gasteiger partial charge in [-0.1, -0.05) is 13.8 Å². The summed E-state index contributed by atoms with van der Waals surface area (Å²) >= 11 is 1.61. The molecule has 0 aliphatic rings. The van der Waals surface area contributed by atoms with Gasteiger partial charge in [-0.3, -0.25) is 4.79 Å². The second-order valence-corrected chi connectivity index (χ2v) is 5.56. The molecule has 0 aliphatic carbocycles. The van der Waals surface area contributed by atoms with Gasteiger partial charge in [-0.2, -0.15) is 11.3 Å². The van der Waals surface area contributed by atoms with E-state index in [1.54, 1.807) is 23.5 Å². The number of thiophene rings is 1. The second-order valence-electron chi connectivity index (χ2n) is 4.78. The molecular formula is C14H18N4OS. The number of hydrogen-bond acceptors (Lipinski definition) is 5. The van der Waals surface area contributed by atoms with E-state index in [-0.39, 0.29) is 11.8 Å². The van der Waals surface area contributed by atoms with E-state index in [4.69, 9.17) is 5.84 Å². The average Bonchev–Trinajstić information content (AvgIpc) is 2.97. The molecule has 106 valence electrons. The normalized spacial score (nSPS) is 10.6. The molecule has 0 saturated carbocycles. The quantitative estimate of drug-likeness (QED) is 0.584. The fraction of sp³-hybridized carbons (Fsp3) is 0.286. The summed E-state index contributed by atoms with van der Waals surface area (Å²) in [5.74, 6) is 5.99. The summed E-state index contributed by atoms with van der Waals surface area (Å²) in [6.07, 6.45) is 0. The van der Waals surface area contributed by atoms with Crippen LogP contribution in [0.4, 0.5) is 5.82 Å². The third-order valence-corrected chi connectivity index (χ3v) is 3.61. The first kappa shape index (κ1) is 14.5. The molecule has 0 aromatic carbocycles. The number of amides is 1. The Morgan fingerprint density at radius 1 is 1.45 bits per heavy atom. The lowest BCUT2D eigenvalue weighted by atomic mass is 10.1. The van der Waals surface area contributed by atoms with Gasteiger partial charge in [0.25, 0.3) is 5.91 Å². The minimum atomic E-state index is -0.128. The van der Waals surface area contributed by atoms with Gasteiger partial charge in [0.2, 0.25) is 0 Å². The number of carbonyl (C=O) groups excluding carboxylic acids is 1. The van der Waals surface area contributed by atoms with E-state index in [9.17, 15) is 4.79 Å². The molecule has 0 unspecified atom stereocenters. The SMILES string of the molecule is CC(C)c1cc(C(=O)NCc2ccsc2)cc(NN)n1. The first-order chi connectivity index (χ1) is 9.60. The maximum atomic E-state index is 12.2. The highest BCUT2D eigenvalue weighted by Crippen LogP contribution is 2.17. The van der Waals surface area contributed by atoms with Crippen LogP contribution in [0.15, 0.2) is 29.0 Å². The number of nitrogen functional groups attached to an aromatic ring is 1. The molecule has 0 aliphatic heterocycles. The molecule has 2 aromatic rings. The molecule has 0 spiro atoms. The van der Waals surface area contributed by atoms with Gasteiger partial charge in [0.05, 0.1) is 0 Å². The number of nitrogens with zero attached hydrogens (tertiary/aromatic N) is 1. The van der Waals surface area contributed by atoms with Crippen molar-refractivity contribution in [2.45, 2.75) is 26.3 Å². The van der Waals surface area contributed by atoms with Crippen LogP contribution in [0, 0.1) is 0 Å². The van der Waals surface area contributed by atoms with Crippen molar-refractivity contribution in [3.63, 3.8) is 0 Å². The van der Waals surface area contributed by atoms with Gasteiger partial charge in [-0.25, -0.2) is 10.8 Å². The van der Waals surface area contributed by atoms with Crippen molar-refractivity contribution in [3.8, 4) is 0 Å². The molecule has 0 fully saturated rings. The van der Waals surface area contributed by atoms with Crippen LogP contribution in [0.1, 0.15) is 41.4 Å². The molecule has 0 saturated heterocycles. The third kappa shape index (κ3) is 3.55. The maximum Gasteiger partial charge on any atom is 0.251 e. The van der Waals surface area contributed by atoms with Crippen LogP contribution >= 0.6 is 11.3 Å². The standard InChI is InChI=1S/C14H18N4OS/c1-9(2)12-5-11(6-13(17-12)18-15)14(19)16-7-10-3-4-20-8-10/h3-6,8-9H,7,15H2,1-2H3,(H,16,19)(H,17,18). The summed E-state index contributed by atoms with van der Waals surface area (Å²) in [6, 6.07) is 5.44. The van der Waals surface area contributed by atoms with Gasteiger partial charge < -0.3 is 10.7 Å². The number of pyridine rings is 1. The molecule has 2 heterocycles. The number of aromatic nitrogens is 1. The summed E-state index contributed by atoms with van der Waals surface area (Å²) in [7, 11) is 0. The number of nitrogens with two attached hydrogens (primary N) is 1. The fourth-order valence-corrected chi connectivity index (χ4v) is 2.40. The number of carbonyl (C=O) groups is 1. The van der Waals surface area contributed by atoms with E-state index < -0.39 is 0 Å². The monoisotopic (exact) mass is 290 g/mol. The highest BCUT2D eigenvalue weighted by Gasteiger charge is 2.11. The Labute approximate surface area is 122 Å². The van der Waals surface area contributed by atoms with Crippen LogP contribution in [0.25, 0.3) is 0 Å². The zero-order valence-electron chi connectivity index (χ0n) is 11.5. The van der Waals surface area contributed by atoms with Crippen LogP contribution in [-0.2, 0) is 6.54 Å². The van der Waals surface area contributed by atoms with Crippen molar-refractivity contribution in [2.24, 2.45) is 5.84 Å². The molecule has 5 nitrogen and oxygen atoms in total. The van der Waals surface area contributed by atoms with E-state index in [1.807, 2.05) is 30.7 Å². The van der Waals surface area contributed by atoms with Crippen LogP contribution < -0.4 is 16.6 Å². The number of hydrogen-bond donors (Lipinski definition) is 3. The molecule has 6 heteroatoms. The van der Waals surface area contributed by atoms with Crippen LogP contribution in [-0.4, -0.2) is 10.9 Å². The molecule has 2 rings (SSSR count). The smallest absolute Gasteiger partial charge is 0.251 e. The highest BCUT2D eigenvalue weighted by molar-refractivity contribution is 7.07. The van der Waals surface area contributed by atoms with E-state index in [1.165, 1.54) is 0 Å². The Morgan fingerprint density at radius 2 is 2.25 bits per heavy atom. The Bertz CT molecular complexity index is 581. The zero-order valence-corrected chi connectivity index (χ0v) is 12.3. The molecule has 0 radical (unpaired) electrons. The molecule has 0 atom stereocenters. The third-order valence-electron chi connectivity index (χ3n) is 2.88. The Kier molecular flexibility index (Phi) is 4.70. The van der Waals surface area contributed by atoms with Crippen molar-refractivity contribution in [1.82, 2.24) is 10.3 Å². The largest absolute Gasteiger partial charge is 0.348 e. The Morgan fingerprint density at radius 3 is 2.85 bits per heavy atom. The first-order valence-electron chi connectivity index (χ1n) is 6.38. The van der Waals surface area contributed by atoms with Gasteiger partial charge in [-0.05, 0) is 40.4 Å². The second kappa shape index (κ2) is 6.49. The molecular weight excluding hydrogens is 272 g/mol. The van der Waals surface area contributed by atoms with E-state index in [2.05, 4.69) is 15.7 Å². The van der Waals surface area contributed by atoms with Crippen LogP contribution in [0.3, 0.4) is 0 Å². The molecule has 2 aromatic heterocycles. The summed E-state index contributed by atoms with van der Waals surface area (Å²) in [6.45, 7) is 4.57. The lowest BCUT2D eigenvalue weighted by Crippen LogP contribution is -2.23. The first-order valence-corrected chi connectivity index (χ1v) is 7.32. The summed E-state index contributed by atoms with van der Waals surface area (Å²) < 4.78 is 0. The lowest BCUT2D eigenvalue weighted by molar-refractivity contribution is 0.0951. The van der Waals surface area contributed by atoms with E-state index >= 15 is 0 Å². The number of anilines is 1. The van der Waals surface area contributed by atoms with E-state index in [0.29, 0.717) is 17.9 Å². The summed E-state index contributed by atoms with van der Waals surface area (Å²) in [5.41, 5.74) is 4.99. The number of rotatable bonds is 5. The van der Waals surface area contributed by atoms with Crippen molar-refractivity contribution in [2.75, 3.05) is 5.43 Å². The van der Waals surface area contributed by atoms with Crippen molar-refractivity contribution in [1.29, 1.82) is 0 Å². The van der Waals surface area contributed by atoms with Gasteiger partial charge in [0.15, 0.2) is 0 Å². The highest BCUT2D eigenvalue weighted by atomic mass is 32.1. The predicted octanol–water partition coefficient (Wildman–Crippen LogP) is 2.48. The van der Waals surface area contributed by atoms with Gasteiger partial charge in [-0.15, -0.1) is 0 Å². The zero-order chi connectivity index (χ0) is 14.5. The number of hydrazine groups is 1. The van der Waals surface area contributed by atoms with Crippen LogP contribution in [0.5, 0.6) is 0 Å². The van der Waals surface area contributed by atoms with Crippen molar-refractivity contribution < 1.29 is 4.79 Å². The minimum Gasteiger partial charge on any atom is -0.348 e. The summed E-state index contributed by atoms with van der Waals surface area (Å²) in [5, 5.41) is 6.89. The average molecular weight is 290 g/mol. The topological polar surface area (TPSA) is 80.0 Å². The molecule has 0 bridgehead atoms. The minimum absolute atomic E-state index is 0.128. The maximum absolute atomic E-state index is 12.2. The van der Waals surface area contributed by atoms with Crippen molar-refractivity contribution in [3.05, 3.63) is 45.8 Å². The van der Waals surface area contributed by atoms with Gasteiger partial charge in [0.1, 0.15) is 5.82 Å². The molecule has 1 amide bonds. The Balaban J connectivity index is 2.14. The van der Waals surface area contributed by atoms with Crippen LogP contribution in [0.2, 0.25) is 0 Å².